The van der Waals surface area contributed by atoms with Crippen LogP contribution >= 0.6 is 15.9 Å². The molecule has 18 heavy (non-hydrogen) atoms. The third-order valence-electron chi connectivity index (χ3n) is 3.29. The van der Waals surface area contributed by atoms with E-state index in [0.29, 0.717) is 18.2 Å². The highest BCUT2D eigenvalue weighted by Gasteiger charge is 2.24. The maximum Gasteiger partial charge on any atom is 0.355 e. The minimum atomic E-state index is -0.312. The third-order valence-corrected chi connectivity index (χ3v) is 4.11. The fourth-order valence-electron chi connectivity index (χ4n) is 2.20. The van der Waals surface area contributed by atoms with Crippen molar-refractivity contribution in [2.45, 2.75) is 25.7 Å². The fraction of sp³-hybridized carbons (Fsp3) is 0.357. The second kappa shape index (κ2) is 4.43. The number of halogens is 1. The quantitative estimate of drug-likeness (QED) is 0.871. The van der Waals surface area contributed by atoms with Gasteiger partial charge < -0.3 is 9.72 Å². The molecule has 0 aliphatic heterocycles. The Hall–Kier alpha value is -1.29. The van der Waals surface area contributed by atoms with E-state index in [1.165, 1.54) is 18.4 Å². The Labute approximate surface area is 114 Å². The number of ether oxygens (including phenoxy) is 1. The van der Waals surface area contributed by atoms with Crippen LogP contribution in [0.25, 0.3) is 10.9 Å². The van der Waals surface area contributed by atoms with Crippen molar-refractivity contribution in [3.8, 4) is 0 Å². The van der Waals surface area contributed by atoms with Gasteiger partial charge in [0.1, 0.15) is 5.69 Å². The predicted molar refractivity (Wildman–Crippen MR) is 73.9 cm³/mol. The van der Waals surface area contributed by atoms with Crippen molar-refractivity contribution in [3.05, 3.63) is 33.9 Å². The zero-order chi connectivity index (χ0) is 12.7. The number of fused-ring (bicyclic) bond motifs is 1. The highest BCUT2D eigenvalue weighted by Crippen LogP contribution is 2.41. The number of hydrogen-bond donors (Lipinski definition) is 1. The summed E-state index contributed by atoms with van der Waals surface area (Å²) < 4.78 is 5.82. The van der Waals surface area contributed by atoms with Crippen LogP contribution in [0.3, 0.4) is 0 Å². The highest BCUT2D eigenvalue weighted by atomic mass is 79.9. The monoisotopic (exact) mass is 307 g/mol. The van der Waals surface area contributed by atoms with Crippen molar-refractivity contribution in [1.29, 1.82) is 0 Å². The molecular formula is C14H14BrNO2. The first-order valence-corrected chi connectivity index (χ1v) is 6.98. The molecule has 0 unspecified atom stereocenters. The smallest absolute Gasteiger partial charge is 0.355 e. The summed E-state index contributed by atoms with van der Waals surface area (Å²) in [6.45, 7) is 2.19. The minimum absolute atomic E-state index is 0.312. The Kier molecular flexibility index (Phi) is 2.90. The molecule has 1 aromatic carbocycles. The zero-order valence-corrected chi connectivity index (χ0v) is 11.7. The number of benzene rings is 1. The molecule has 0 spiro atoms. The topological polar surface area (TPSA) is 42.1 Å². The third kappa shape index (κ3) is 1.94. The van der Waals surface area contributed by atoms with Gasteiger partial charge in [0.2, 0.25) is 0 Å². The van der Waals surface area contributed by atoms with E-state index in [1.54, 1.807) is 6.92 Å². The van der Waals surface area contributed by atoms with Crippen LogP contribution in [-0.4, -0.2) is 17.6 Å². The van der Waals surface area contributed by atoms with E-state index in [9.17, 15) is 4.79 Å². The Bertz CT molecular complexity index is 614. The van der Waals surface area contributed by atoms with Gasteiger partial charge in [-0.25, -0.2) is 4.79 Å². The fourth-order valence-corrected chi connectivity index (χ4v) is 2.80. The van der Waals surface area contributed by atoms with Crippen LogP contribution in [0.2, 0.25) is 0 Å². The van der Waals surface area contributed by atoms with Crippen LogP contribution in [0.5, 0.6) is 0 Å². The van der Waals surface area contributed by atoms with Crippen molar-refractivity contribution < 1.29 is 9.53 Å². The number of rotatable bonds is 3. The average molecular weight is 308 g/mol. The van der Waals surface area contributed by atoms with Gasteiger partial charge in [0.15, 0.2) is 0 Å². The summed E-state index contributed by atoms with van der Waals surface area (Å²) in [6, 6.07) is 6.35. The molecule has 0 radical (unpaired) electrons. The lowest BCUT2D eigenvalue weighted by molar-refractivity contribution is 0.0519. The van der Waals surface area contributed by atoms with Gasteiger partial charge in [-0.2, -0.15) is 0 Å². The maximum absolute atomic E-state index is 11.8. The van der Waals surface area contributed by atoms with E-state index >= 15 is 0 Å². The Morgan fingerprint density at radius 3 is 2.94 bits per heavy atom. The molecule has 0 saturated heterocycles. The van der Waals surface area contributed by atoms with E-state index in [1.807, 2.05) is 0 Å². The Balaban J connectivity index is 2.06. The lowest BCUT2D eigenvalue weighted by Crippen LogP contribution is -2.05. The molecule has 94 valence electrons. The van der Waals surface area contributed by atoms with Crippen molar-refractivity contribution in [1.82, 2.24) is 4.98 Å². The van der Waals surface area contributed by atoms with Crippen LogP contribution in [0.4, 0.5) is 0 Å². The number of hydrogen-bond acceptors (Lipinski definition) is 2. The molecule has 1 saturated carbocycles. The van der Waals surface area contributed by atoms with E-state index in [2.05, 4.69) is 39.1 Å². The molecule has 3 rings (SSSR count). The zero-order valence-electron chi connectivity index (χ0n) is 10.1. The van der Waals surface area contributed by atoms with Crippen LogP contribution < -0.4 is 0 Å². The summed E-state index contributed by atoms with van der Waals surface area (Å²) in [5.41, 5.74) is 2.85. The summed E-state index contributed by atoms with van der Waals surface area (Å²) in [6.07, 6.45) is 2.55. The molecule has 2 aromatic rings. The number of esters is 1. The lowest BCUT2D eigenvalue weighted by Gasteiger charge is -1.98. The summed E-state index contributed by atoms with van der Waals surface area (Å²) in [5.74, 6) is 0.399. The average Bonchev–Trinajstić information content (AvgIpc) is 3.15. The van der Waals surface area contributed by atoms with Crippen LogP contribution in [0, 0.1) is 0 Å². The molecule has 1 fully saturated rings. The van der Waals surface area contributed by atoms with Crippen molar-refractivity contribution in [3.63, 3.8) is 0 Å². The first-order valence-electron chi connectivity index (χ1n) is 6.19. The Morgan fingerprint density at radius 1 is 1.50 bits per heavy atom. The van der Waals surface area contributed by atoms with Crippen LogP contribution in [-0.2, 0) is 4.74 Å². The molecular weight excluding hydrogens is 294 g/mol. The van der Waals surface area contributed by atoms with Gasteiger partial charge in [0.25, 0.3) is 0 Å². The van der Waals surface area contributed by atoms with Crippen LogP contribution in [0.1, 0.15) is 41.7 Å². The standard InChI is InChI=1S/C14H14BrNO2/c1-2-18-14(17)13-12(15)10-6-5-9(8-3-4-8)7-11(10)16-13/h5-8,16H,2-4H2,1H3. The summed E-state index contributed by atoms with van der Waals surface area (Å²) in [4.78, 5) is 14.9. The normalized spacial score (nSPS) is 15.0. The molecule has 0 bridgehead atoms. The SMILES string of the molecule is CCOC(=O)c1[nH]c2cc(C3CC3)ccc2c1Br. The lowest BCUT2D eigenvalue weighted by atomic mass is 10.1. The first kappa shape index (κ1) is 11.8. The van der Waals surface area contributed by atoms with Crippen molar-refractivity contribution in [2.75, 3.05) is 6.61 Å². The van der Waals surface area contributed by atoms with Gasteiger partial charge in [-0.1, -0.05) is 12.1 Å². The molecule has 0 amide bonds. The molecule has 4 heteroatoms. The number of carbonyl (C=O) groups is 1. The molecule has 1 aromatic heterocycles. The van der Waals surface area contributed by atoms with Gasteiger partial charge in [-0.15, -0.1) is 0 Å². The number of aromatic nitrogens is 1. The molecule has 0 atom stereocenters. The maximum atomic E-state index is 11.8. The molecule has 3 nitrogen and oxygen atoms in total. The summed E-state index contributed by atoms with van der Waals surface area (Å²) in [7, 11) is 0. The number of carbonyl (C=O) groups excluding carboxylic acids is 1. The largest absolute Gasteiger partial charge is 0.461 e. The first-order chi connectivity index (χ1) is 8.70. The van der Waals surface area contributed by atoms with Crippen molar-refractivity contribution >= 4 is 32.8 Å². The number of nitrogens with one attached hydrogen (secondary N) is 1. The van der Waals surface area contributed by atoms with Crippen molar-refractivity contribution in [2.24, 2.45) is 0 Å². The van der Waals surface area contributed by atoms with E-state index < -0.39 is 0 Å². The van der Waals surface area contributed by atoms with Gasteiger partial charge in [0.05, 0.1) is 11.1 Å². The van der Waals surface area contributed by atoms with Gasteiger partial charge in [-0.05, 0) is 53.2 Å². The van der Waals surface area contributed by atoms with Gasteiger partial charge >= 0.3 is 5.97 Å². The number of aromatic amines is 1. The molecule has 1 heterocycles. The molecule has 1 aliphatic carbocycles. The second-order valence-electron chi connectivity index (χ2n) is 4.61. The van der Waals surface area contributed by atoms with Crippen LogP contribution in [0.15, 0.2) is 22.7 Å². The second-order valence-corrected chi connectivity index (χ2v) is 5.41. The predicted octanol–water partition coefficient (Wildman–Crippen LogP) is 3.98. The summed E-state index contributed by atoms with van der Waals surface area (Å²) in [5, 5.41) is 1.03. The van der Waals surface area contributed by atoms with Gasteiger partial charge in [0, 0.05) is 10.9 Å². The summed E-state index contributed by atoms with van der Waals surface area (Å²) >= 11 is 3.47. The highest BCUT2D eigenvalue weighted by molar-refractivity contribution is 9.10. The van der Waals surface area contributed by atoms with E-state index in [-0.39, 0.29) is 5.97 Å². The minimum Gasteiger partial charge on any atom is -0.461 e. The van der Waals surface area contributed by atoms with E-state index in [4.69, 9.17) is 4.74 Å². The molecule has 1 N–H and O–H groups in total. The number of H-pyrrole nitrogens is 1. The van der Waals surface area contributed by atoms with Gasteiger partial charge in [-0.3, -0.25) is 0 Å². The molecule has 1 aliphatic rings. The van der Waals surface area contributed by atoms with E-state index in [0.717, 1.165) is 15.4 Å². The Morgan fingerprint density at radius 2 is 2.28 bits per heavy atom.